The Morgan fingerprint density at radius 3 is 1.11 bits per heavy atom. The predicted octanol–water partition coefficient (Wildman–Crippen LogP) is 1.92. The first-order chi connectivity index (χ1) is 16.8. The fraction of sp³-hybridized carbons (Fsp3) is 0.778. The van der Waals surface area contributed by atoms with Gasteiger partial charge in [0.05, 0.1) is 11.5 Å². The van der Waals surface area contributed by atoms with Crippen molar-refractivity contribution in [3.63, 3.8) is 0 Å². The molecule has 0 heterocycles. The second kappa shape index (κ2) is 20.5. The van der Waals surface area contributed by atoms with Crippen molar-refractivity contribution in [2.24, 2.45) is 0 Å². The Morgan fingerprint density at radius 2 is 0.861 bits per heavy atom. The zero-order chi connectivity index (χ0) is 27.7. The molecule has 6 atom stereocenters. The highest BCUT2D eigenvalue weighted by atomic mass is 33.1. The fourth-order valence-corrected chi connectivity index (χ4v) is 8.67. The second-order valence-corrected chi connectivity index (χ2v) is 14.0. The van der Waals surface area contributed by atoms with Crippen molar-refractivity contribution in [2.75, 3.05) is 34.5 Å². The molecule has 2 N–H and O–H groups in total. The first-order valence-electron chi connectivity index (χ1n) is 10.1. The standard InChI is InChI=1S/C18H30O12S6/c1-11(19)27-15(17(9-35(23)24)29-13(3)21)7-33-31-5-6-32-34-8-16(28-12(2)20)18(10-36(25)26)30-14(4)22/h15-18H,5-10H2,1-4H3,(H,23,24)(H,25,26)/t15-,16-,17-,18-/m0/s1. The van der Waals surface area contributed by atoms with E-state index >= 15 is 0 Å². The number of esters is 4. The average Bonchev–Trinajstić information content (AvgIpc) is 2.71. The molecule has 0 rings (SSSR count). The van der Waals surface area contributed by atoms with E-state index in [1.807, 2.05) is 0 Å². The highest BCUT2D eigenvalue weighted by Gasteiger charge is 2.30. The van der Waals surface area contributed by atoms with Crippen LogP contribution in [0.2, 0.25) is 0 Å². The van der Waals surface area contributed by atoms with Gasteiger partial charge in [0.15, 0.2) is 34.4 Å². The van der Waals surface area contributed by atoms with Crippen LogP contribution in [0.15, 0.2) is 0 Å². The van der Waals surface area contributed by atoms with Crippen molar-refractivity contribution in [2.45, 2.75) is 52.1 Å². The van der Waals surface area contributed by atoms with Crippen LogP contribution in [0.1, 0.15) is 27.7 Å². The molecular formula is C18H30O12S6. The molecule has 0 aromatic carbocycles. The van der Waals surface area contributed by atoms with Crippen LogP contribution in [-0.2, 0) is 60.3 Å². The van der Waals surface area contributed by atoms with Gasteiger partial charge in [-0.1, -0.05) is 43.2 Å². The van der Waals surface area contributed by atoms with Gasteiger partial charge < -0.3 is 28.1 Å². The molecule has 0 aliphatic heterocycles. The number of ether oxygens (including phenoxy) is 4. The third-order valence-corrected chi connectivity index (χ3v) is 9.90. The molecule has 0 saturated heterocycles. The molecule has 2 unspecified atom stereocenters. The second-order valence-electron chi connectivity index (χ2n) is 6.78. The minimum atomic E-state index is -2.26. The summed E-state index contributed by atoms with van der Waals surface area (Å²) in [5.74, 6) is -1.62. The van der Waals surface area contributed by atoms with E-state index in [4.69, 9.17) is 28.1 Å². The van der Waals surface area contributed by atoms with Crippen molar-refractivity contribution in [3.8, 4) is 0 Å². The smallest absolute Gasteiger partial charge is 0.303 e. The monoisotopic (exact) mass is 630 g/mol. The lowest BCUT2D eigenvalue weighted by molar-refractivity contribution is -0.161. The van der Waals surface area contributed by atoms with Crippen LogP contribution in [0.5, 0.6) is 0 Å². The van der Waals surface area contributed by atoms with Gasteiger partial charge in [-0.05, 0) is 0 Å². The summed E-state index contributed by atoms with van der Waals surface area (Å²) in [7, 11) is 5.55. The van der Waals surface area contributed by atoms with E-state index in [9.17, 15) is 27.6 Å². The van der Waals surface area contributed by atoms with E-state index in [2.05, 4.69) is 0 Å². The topological polar surface area (TPSA) is 180 Å². The van der Waals surface area contributed by atoms with E-state index in [1.54, 1.807) is 0 Å². The van der Waals surface area contributed by atoms with Crippen molar-refractivity contribution in [3.05, 3.63) is 0 Å². The quantitative estimate of drug-likeness (QED) is 0.0694. The lowest BCUT2D eigenvalue weighted by atomic mass is 10.2. The molecule has 0 aliphatic rings. The Labute approximate surface area is 230 Å². The molecule has 0 radical (unpaired) electrons. The third-order valence-electron chi connectivity index (χ3n) is 3.59. The third kappa shape index (κ3) is 19.6. The molecule has 0 aliphatic carbocycles. The number of hydrogen-bond acceptors (Lipinski definition) is 14. The van der Waals surface area contributed by atoms with Crippen molar-refractivity contribution < 1.29 is 55.6 Å². The van der Waals surface area contributed by atoms with Crippen LogP contribution >= 0.6 is 43.2 Å². The summed E-state index contributed by atoms with van der Waals surface area (Å²) in [6, 6.07) is 0. The summed E-state index contributed by atoms with van der Waals surface area (Å²) in [6.45, 7) is 4.68. The van der Waals surface area contributed by atoms with Crippen LogP contribution in [0.4, 0.5) is 0 Å². The summed E-state index contributed by atoms with van der Waals surface area (Å²) in [4.78, 5) is 45.5. The van der Waals surface area contributed by atoms with Crippen molar-refractivity contribution in [1.82, 2.24) is 0 Å². The first kappa shape index (κ1) is 35.5. The number of carbonyl (C=O) groups is 4. The summed E-state index contributed by atoms with van der Waals surface area (Å²) in [5.41, 5.74) is 0. The Morgan fingerprint density at radius 1 is 0.583 bits per heavy atom. The molecule has 36 heavy (non-hydrogen) atoms. The summed E-state index contributed by atoms with van der Waals surface area (Å²) >= 11 is -4.52. The van der Waals surface area contributed by atoms with Crippen molar-refractivity contribution in [1.29, 1.82) is 0 Å². The largest absolute Gasteiger partial charge is 0.458 e. The molecule has 0 aromatic rings. The molecule has 18 heteroatoms. The van der Waals surface area contributed by atoms with Crippen LogP contribution in [0.25, 0.3) is 0 Å². The maximum absolute atomic E-state index is 11.4. The van der Waals surface area contributed by atoms with E-state index in [-0.39, 0.29) is 11.5 Å². The van der Waals surface area contributed by atoms with Crippen LogP contribution in [-0.4, -0.2) is 100 Å². The zero-order valence-corrected chi connectivity index (χ0v) is 24.9. The molecule has 0 spiro atoms. The zero-order valence-electron chi connectivity index (χ0n) is 20.0. The lowest BCUT2D eigenvalue weighted by Gasteiger charge is -2.25. The highest BCUT2D eigenvalue weighted by molar-refractivity contribution is 8.78. The van der Waals surface area contributed by atoms with E-state index < -0.39 is 82.0 Å². The van der Waals surface area contributed by atoms with Gasteiger partial charge in [0.25, 0.3) is 0 Å². The predicted molar refractivity (Wildman–Crippen MR) is 143 cm³/mol. The minimum absolute atomic E-state index is 0.216. The summed E-state index contributed by atoms with van der Waals surface area (Å²) < 4.78 is 61.2. The van der Waals surface area contributed by atoms with Gasteiger partial charge in [0, 0.05) is 50.7 Å². The minimum Gasteiger partial charge on any atom is -0.458 e. The van der Waals surface area contributed by atoms with Crippen LogP contribution < -0.4 is 0 Å². The Kier molecular flexibility index (Phi) is 20.2. The molecule has 0 saturated carbocycles. The molecule has 0 aromatic heterocycles. The first-order valence-corrected chi connectivity index (χ1v) is 17.7. The average molecular weight is 631 g/mol. The summed E-state index contributed by atoms with van der Waals surface area (Å²) in [5, 5.41) is 0. The van der Waals surface area contributed by atoms with Gasteiger partial charge in [-0.3, -0.25) is 19.2 Å². The fourth-order valence-electron chi connectivity index (χ4n) is 2.42. The Hall–Kier alpha value is -0.500. The normalized spacial score (nSPS) is 16.1. The van der Waals surface area contributed by atoms with E-state index in [1.165, 1.54) is 57.0 Å². The molecule has 12 nitrogen and oxygen atoms in total. The van der Waals surface area contributed by atoms with Crippen molar-refractivity contribution >= 4 is 89.2 Å². The van der Waals surface area contributed by atoms with Crippen LogP contribution in [0.3, 0.4) is 0 Å². The summed E-state index contributed by atoms with van der Waals surface area (Å²) in [6.07, 6.45) is -3.93. The number of hydrogen-bond donors (Lipinski definition) is 2. The van der Waals surface area contributed by atoms with Gasteiger partial charge >= 0.3 is 23.9 Å². The molecule has 0 bridgehead atoms. The van der Waals surface area contributed by atoms with E-state index in [0.717, 1.165) is 13.8 Å². The molecule has 210 valence electrons. The number of rotatable bonds is 19. The maximum Gasteiger partial charge on any atom is 0.303 e. The van der Waals surface area contributed by atoms with E-state index in [0.29, 0.717) is 11.5 Å². The molecule has 0 fully saturated rings. The number of carbonyl (C=O) groups excluding carboxylic acids is 4. The SMILES string of the molecule is CC(=O)O[C@@H](CSSCCSSC[C@H](OC(C)=O)[C@H](CS(=O)O)OC(C)=O)[C@H](CS(=O)O)OC(C)=O. The maximum atomic E-state index is 11.4. The van der Waals surface area contributed by atoms with Gasteiger partial charge in [0.2, 0.25) is 0 Å². The molecule has 0 amide bonds. The highest BCUT2D eigenvalue weighted by Crippen LogP contribution is 2.30. The van der Waals surface area contributed by atoms with Gasteiger partial charge in [-0.2, -0.15) is 0 Å². The van der Waals surface area contributed by atoms with Gasteiger partial charge in [0.1, 0.15) is 12.2 Å². The molecular weight excluding hydrogens is 601 g/mol. The van der Waals surface area contributed by atoms with Crippen LogP contribution in [0, 0.1) is 0 Å². The Balaban J connectivity index is 4.64. The Bertz CT molecular complexity index is 673. The lowest BCUT2D eigenvalue weighted by Crippen LogP contribution is -2.40. The van der Waals surface area contributed by atoms with Gasteiger partial charge in [-0.15, -0.1) is 0 Å². The van der Waals surface area contributed by atoms with Gasteiger partial charge in [-0.25, -0.2) is 8.42 Å².